The second-order valence-corrected chi connectivity index (χ2v) is 6.64. The topological polar surface area (TPSA) is 78.7 Å². The molecule has 1 amide bonds. The molecule has 0 bridgehead atoms. The van der Waals surface area contributed by atoms with Crippen LogP contribution < -0.4 is 10.2 Å². The average Bonchev–Trinajstić information content (AvgIpc) is 2.68. The van der Waals surface area contributed by atoms with Crippen LogP contribution in [0.3, 0.4) is 0 Å². The lowest BCUT2D eigenvalue weighted by molar-refractivity contribution is -0.384. The maximum Gasteiger partial charge on any atom is 0.416 e. The van der Waals surface area contributed by atoms with Gasteiger partial charge in [-0.3, -0.25) is 19.8 Å². The molecule has 7 nitrogen and oxygen atoms in total. The molecule has 1 saturated heterocycles. The molecule has 29 heavy (non-hydrogen) atoms. The number of alkyl halides is 3. The van der Waals surface area contributed by atoms with Crippen LogP contribution in [-0.4, -0.2) is 48.5 Å². The number of para-hydroxylation sites is 1. The quantitative estimate of drug-likeness (QED) is 0.606. The van der Waals surface area contributed by atoms with Crippen LogP contribution in [0.4, 0.5) is 30.2 Å². The maximum atomic E-state index is 12.9. The van der Waals surface area contributed by atoms with Gasteiger partial charge in [0.25, 0.3) is 5.69 Å². The lowest BCUT2D eigenvalue weighted by Crippen LogP contribution is -2.48. The smallest absolute Gasteiger partial charge is 0.363 e. The van der Waals surface area contributed by atoms with Crippen LogP contribution in [0.2, 0.25) is 0 Å². The van der Waals surface area contributed by atoms with Gasteiger partial charge in [-0.15, -0.1) is 0 Å². The average molecular weight is 408 g/mol. The van der Waals surface area contributed by atoms with Gasteiger partial charge >= 0.3 is 6.18 Å². The van der Waals surface area contributed by atoms with Crippen molar-refractivity contribution in [1.29, 1.82) is 0 Å². The summed E-state index contributed by atoms with van der Waals surface area (Å²) in [6, 6.07) is 11.6. The molecule has 0 unspecified atom stereocenters. The Labute approximate surface area is 164 Å². The molecule has 0 aromatic heterocycles. The predicted octanol–water partition coefficient (Wildman–Crippen LogP) is 3.37. The van der Waals surface area contributed by atoms with E-state index in [9.17, 15) is 28.1 Å². The van der Waals surface area contributed by atoms with Gasteiger partial charge in [-0.1, -0.05) is 18.2 Å². The first kappa shape index (κ1) is 20.6. The lowest BCUT2D eigenvalue weighted by Gasteiger charge is -2.35. The van der Waals surface area contributed by atoms with Crippen LogP contribution in [0, 0.1) is 10.1 Å². The lowest BCUT2D eigenvalue weighted by atomic mass is 10.1. The number of nitrogens with zero attached hydrogens (tertiary/aromatic N) is 3. The van der Waals surface area contributed by atoms with E-state index in [0.717, 1.165) is 12.1 Å². The molecule has 1 heterocycles. The predicted molar refractivity (Wildman–Crippen MR) is 102 cm³/mol. The van der Waals surface area contributed by atoms with Gasteiger partial charge in [-0.2, -0.15) is 13.2 Å². The molecule has 2 aromatic carbocycles. The van der Waals surface area contributed by atoms with E-state index in [1.165, 1.54) is 0 Å². The van der Waals surface area contributed by atoms with Gasteiger partial charge in [0.2, 0.25) is 5.91 Å². The summed E-state index contributed by atoms with van der Waals surface area (Å²) in [6.07, 6.45) is -4.64. The van der Waals surface area contributed by atoms with E-state index in [1.807, 2.05) is 23.1 Å². The van der Waals surface area contributed by atoms with Crippen molar-refractivity contribution in [2.24, 2.45) is 0 Å². The van der Waals surface area contributed by atoms with Crippen molar-refractivity contribution < 1.29 is 22.9 Å². The summed E-state index contributed by atoms with van der Waals surface area (Å²) in [4.78, 5) is 26.2. The van der Waals surface area contributed by atoms with E-state index in [0.29, 0.717) is 37.9 Å². The molecular weight excluding hydrogens is 389 g/mol. The zero-order valence-corrected chi connectivity index (χ0v) is 15.4. The summed E-state index contributed by atoms with van der Waals surface area (Å²) in [5.41, 5.74) is -0.785. The molecule has 154 valence electrons. The number of nitrogens with one attached hydrogen (secondary N) is 1. The molecule has 10 heteroatoms. The Hall–Kier alpha value is -3.14. The Kier molecular flexibility index (Phi) is 6.02. The minimum absolute atomic E-state index is 0.149. The van der Waals surface area contributed by atoms with Gasteiger partial charge in [-0.05, 0) is 24.3 Å². The molecule has 0 aliphatic carbocycles. The molecule has 1 N–H and O–H groups in total. The molecular formula is C19H19F3N4O3. The highest BCUT2D eigenvalue weighted by molar-refractivity contribution is 5.92. The van der Waals surface area contributed by atoms with E-state index in [1.54, 1.807) is 17.0 Å². The number of benzene rings is 2. The molecule has 3 rings (SSSR count). The summed E-state index contributed by atoms with van der Waals surface area (Å²) < 4.78 is 38.6. The Balaban J connectivity index is 1.62. The third kappa shape index (κ3) is 5.23. The number of carbonyl (C=O) groups is 1. The van der Waals surface area contributed by atoms with Crippen molar-refractivity contribution in [1.82, 2.24) is 4.90 Å². The van der Waals surface area contributed by atoms with Gasteiger partial charge in [0, 0.05) is 37.9 Å². The number of hydrogen-bond acceptors (Lipinski definition) is 5. The number of rotatable bonds is 5. The van der Waals surface area contributed by atoms with Crippen LogP contribution in [0.15, 0.2) is 48.5 Å². The largest absolute Gasteiger partial charge is 0.416 e. The second kappa shape index (κ2) is 8.48. The fraction of sp³-hybridized carbons (Fsp3) is 0.316. The first-order valence-electron chi connectivity index (χ1n) is 8.92. The number of nitro groups is 1. The number of carbonyl (C=O) groups excluding carboxylic acids is 1. The SMILES string of the molecule is O=C(CN1CCN(c2ccc(C(F)(F)F)cc2[N+](=O)[O-])CC1)Nc1ccccc1. The molecule has 0 atom stereocenters. The highest BCUT2D eigenvalue weighted by atomic mass is 19.4. The highest BCUT2D eigenvalue weighted by Gasteiger charge is 2.34. The van der Waals surface area contributed by atoms with Crippen molar-refractivity contribution in [3.05, 3.63) is 64.2 Å². The Morgan fingerprint density at radius 1 is 1.07 bits per heavy atom. The van der Waals surface area contributed by atoms with Crippen LogP contribution >= 0.6 is 0 Å². The molecule has 0 spiro atoms. The second-order valence-electron chi connectivity index (χ2n) is 6.64. The Morgan fingerprint density at radius 3 is 2.31 bits per heavy atom. The molecule has 2 aromatic rings. The van der Waals surface area contributed by atoms with E-state index >= 15 is 0 Å². The third-order valence-electron chi connectivity index (χ3n) is 4.64. The number of piperazine rings is 1. The maximum absolute atomic E-state index is 12.9. The van der Waals surface area contributed by atoms with Crippen molar-refractivity contribution >= 4 is 23.0 Å². The molecule has 1 aliphatic rings. The van der Waals surface area contributed by atoms with Crippen LogP contribution in [-0.2, 0) is 11.0 Å². The van der Waals surface area contributed by atoms with E-state index < -0.39 is 22.4 Å². The van der Waals surface area contributed by atoms with Crippen molar-refractivity contribution in [2.75, 3.05) is 42.9 Å². The Morgan fingerprint density at radius 2 is 1.72 bits per heavy atom. The first-order chi connectivity index (χ1) is 13.7. The number of anilines is 2. The fourth-order valence-electron chi connectivity index (χ4n) is 3.19. The van der Waals surface area contributed by atoms with Crippen LogP contribution in [0.5, 0.6) is 0 Å². The monoisotopic (exact) mass is 408 g/mol. The minimum Gasteiger partial charge on any atom is -0.363 e. The number of amides is 1. The summed E-state index contributed by atoms with van der Waals surface area (Å²) in [6.45, 7) is 1.81. The molecule has 0 radical (unpaired) electrons. The standard InChI is InChI=1S/C19H19F3N4O3/c20-19(21,22)14-6-7-16(17(12-14)26(28)29)25-10-8-24(9-11-25)13-18(27)23-15-4-2-1-3-5-15/h1-7,12H,8-11,13H2,(H,23,27). The van der Waals surface area contributed by atoms with Gasteiger partial charge in [-0.25, -0.2) is 0 Å². The zero-order chi connectivity index (χ0) is 21.0. The van der Waals surface area contributed by atoms with Gasteiger partial charge in [0.05, 0.1) is 17.0 Å². The van der Waals surface area contributed by atoms with Gasteiger partial charge in [0.1, 0.15) is 5.69 Å². The van der Waals surface area contributed by atoms with E-state index in [2.05, 4.69) is 5.32 Å². The van der Waals surface area contributed by atoms with Crippen molar-refractivity contribution in [2.45, 2.75) is 6.18 Å². The summed E-state index contributed by atoms with van der Waals surface area (Å²) >= 11 is 0. The molecule has 0 saturated carbocycles. The Bertz CT molecular complexity index is 882. The highest BCUT2D eigenvalue weighted by Crippen LogP contribution is 2.36. The zero-order valence-electron chi connectivity index (χ0n) is 15.4. The fourth-order valence-corrected chi connectivity index (χ4v) is 3.19. The van der Waals surface area contributed by atoms with Crippen LogP contribution in [0.1, 0.15) is 5.56 Å². The summed E-state index contributed by atoms with van der Waals surface area (Å²) in [5.74, 6) is -0.176. The third-order valence-corrected chi connectivity index (χ3v) is 4.64. The van der Waals surface area contributed by atoms with Crippen molar-refractivity contribution in [3.63, 3.8) is 0 Å². The van der Waals surface area contributed by atoms with E-state index in [-0.39, 0.29) is 18.1 Å². The number of hydrogen-bond donors (Lipinski definition) is 1. The number of halogens is 3. The summed E-state index contributed by atoms with van der Waals surface area (Å²) in [5, 5.41) is 14.1. The first-order valence-corrected chi connectivity index (χ1v) is 8.92. The van der Waals surface area contributed by atoms with Gasteiger partial charge < -0.3 is 10.2 Å². The van der Waals surface area contributed by atoms with Crippen molar-refractivity contribution in [3.8, 4) is 0 Å². The van der Waals surface area contributed by atoms with Gasteiger partial charge in [0.15, 0.2) is 0 Å². The minimum atomic E-state index is -4.64. The molecule has 1 fully saturated rings. The molecule has 1 aliphatic heterocycles. The van der Waals surface area contributed by atoms with Crippen LogP contribution in [0.25, 0.3) is 0 Å². The normalized spacial score (nSPS) is 15.2. The number of nitro benzene ring substituents is 1. The summed E-state index contributed by atoms with van der Waals surface area (Å²) in [7, 11) is 0. The van der Waals surface area contributed by atoms with E-state index in [4.69, 9.17) is 0 Å².